The molecule has 0 radical (unpaired) electrons. The van der Waals surface area contributed by atoms with Crippen LogP contribution in [0.4, 0.5) is 5.69 Å². The molecule has 0 aliphatic heterocycles. The lowest BCUT2D eigenvalue weighted by atomic mass is 10.1. The summed E-state index contributed by atoms with van der Waals surface area (Å²) in [6, 6.07) is 4.98. The standard InChI is InChI=1S/C14H20BrN3O2/c1-14(2,3)18-12(19)6-7-17-13(20)9-4-5-10(15)11(16)8-9/h4-5,8H,6-7,16H2,1-3H3,(H,17,20)(H,18,19). The Morgan fingerprint density at radius 3 is 2.50 bits per heavy atom. The Bertz CT molecular complexity index is 510. The van der Waals surface area contributed by atoms with Crippen LogP contribution < -0.4 is 16.4 Å². The molecular formula is C14H20BrN3O2. The van der Waals surface area contributed by atoms with Crippen LogP contribution >= 0.6 is 15.9 Å². The fourth-order valence-electron chi connectivity index (χ4n) is 1.56. The summed E-state index contributed by atoms with van der Waals surface area (Å²) >= 11 is 3.27. The minimum Gasteiger partial charge on any atom is -0.398 e. The maximum Gasteiger partial charge on any atom is 0.251 e. The molecule has 1 rings (SSSR count). The monoisotopic (exact) mass is 341 g/mol. The molecule has 0 bridgehead atoms. The van der Waals surface area contributed by atoms with Crippen molar-refractivity contribution in [2.24, 2.45) is 0 Å². The minimum atomic E-state index is -0.263. The number of carbonyl (C=O) groups excluding carboxylic acids is 2. The molecule has 0 aliphatic rings. The first-order valence-corrected chi connectivity index (χ1v) is 7.12. The van der Waals surface area contributed by atoms with Crippen molar-refractivity contribution in [2.45, 2.75) is 32.7 Å². The Hall–Kier alpha value is -1.56. The topological polar surface area (TPSA) is 84.2 Å². The van der Waals surface area contributed by atoms with Gasteiger partial charge in [0.2, 0.25) is 5.91 Å². The van der Waals surface area contributed by atoms with Gasteiger partial charge in [-0.15, -0.1) is 0 Å². The molecule has 110 valence electrons. The average Bonchev–Trinajstić information content (AvgIpc) is 2.30. The third-order valence-electron chi connectivity index (χ3n) is 2.41. The van der Waals surface area contributed by atoms with Crippen LogP contribution in [0.2, 0.25) is 0 Å². The summed E-state index contributed by atoms with van der Waals surface area (Å²) in [6.45, 7) is 6.02. The summed E-state index contributed by atoms with van der Waals surface area (Å²) in [5, 5.41) is 5.52. The number of halogens is 1. The number of nitrogen functional groups attached to an aromatic ring is 1. The first-order chi connectivity index (χ1) is 9.19. The number of anilines is 1. The van der Waals surface area contributed by atoms with Crippen LogP contribution in [-0.4, -0.2) is 23.9 Å². The number of nitrogens with two attached hydrogens (primary N) is 1. The van der Waals surface area contributed by atoms with Gasteiger partial charge in [0, 0.05) is 34.2 Å². The summed E-state index contributed by atoms with van der Waals surface area (Å²) in [7, 11) is 0. The van der Waals surface area contributed by atoms with Crippen molar-refractivity contribution in [3.63, 3.8) is 0 Å². The van der Waals surface area contributed by atoms with Gasteiger partial charge in [-0.25, -0.2) is 0 Å². The molecule has 0 unspecified atom stereocenters. The van der Waals surface area contributed by atoms with E-state index in [9.17, 15) is 9.59 Å². The zero-order chi connectivity index (χ0) is 15.3. The van der Waals surface area contributed by atoms with Crippen LogP contribution in [0.3, 0.4) is 0 Å². The van der Waals surface area contributed by atoms with E-state index in [1.165, 1.54) is 0 Å². The van der Waals surface area contributed by atoms with Gasteiger partial charge >= 0.3 is 0 Å². The smallest absolute Gasteiger partial charge is 0.251 e. The number of amides is 2. The highest BCUT2D eigenvalue weighted by Crippen LogP contribution is 2.20. The van der Waals surface area contributed by atoms with E-state index >= 15 is 0 Å². The van der Waals surface area contributed by atoms with Crippen LogP contribution in [0.15, 0.2) is 22.7 Å². The molecule has 1 aromatic rings. The van der Waals surface area contributed by atoms with Gasteiger partial charge in [0.15, 0.2) is 0 Å². The summed E-state index contributed by atoms with van der Waals surface area (Å²) in [6.07, 6.45) is 0.245. The summed E-state index contributed by atoms with van der Waals surface area (Å²) in [4.78, 5) is 23.4. The molecule has 5 nitrogen and oxygen atoms in total. The fraction of sp³-hybridized carbons (Fsp3) is 0.429. The quantitative estimate of drug-likeness (QED) is 0.733. The molecule has 2 amide bonds. The zero-order valence-corrected chi connectivity index (χ0v) is 13.5. The van der Waals surface area contributed by atoms with Crippen LogP contribution in [-0.2, 0) is 4.79 Å². The Labute approximate surface area is 127 Å². The van der Waals surface area contributed by atoms with Gasteiger partial charge in [-0.05, 0) is 54.9 Å². The van der Waals surface area contributed by atoms with Gasteiger partial charge in [-0.1, -0.05) is 0 Å². The van der Waals surface area contributed by atoms with Crippen molar-refractivity contribution in [1.82, 2.24) is 10.6 Å². The molecule has 0 spiro atoms. The number of rotatable bonds is 4. The second-order valence-electron chi connectivity index (χ2n) is 5.54. The molecule has 20 heavy (non-hydrogen) atoms. The highest BCUT2D eigenvalue weighted by atomic mass is 79.9. The SMILES string of the molecule is CC(C)(C)NC(=O)CCNC(=O)c1ccc(Br)c(N)c1. The van der Waals surface area contributed by atoms with E-state index in [0.717, 1.165) is 4.47 Å². The number of hydrogen-bond donors (Lipinski definition) is 3. The Kier molecular flexibility index (Phi) is 5.56. The van der Waals surface area contributed by atoms with E-state index in [1.807, 2.05) is 20.8 Å². The largest absolute Gasteiger partial charge is 0.398 e. The van der Waals surface area contributed by atoms with Crippen molar-refractivity contribution in [3.05, 3.63) is 28.2 Å². The lowest BCUT2D eigenvalue weighted by Crippen LogP contribution is -2.41. The molecule has 0 saturated heterocycles. The normalized spacial score (nSPS) is 11.0. The number of nitrogens with one attached hydrogen (secondary N) is 2. The molecule has 1 aromatic carbocycles. The molecule has 0 heterocycles. The molecule has 4 N–H and O–H groups in total. The lowest BCUT2D eigenvalue weighted by molar-refractivity contribution is -0.122. The van der Waals surface area contributed by atoms with Gasteiger partial charge in [-0.3, -0.25) is 9.59 Å². The van der Waals surface area contributed by atoms with Crippen molar-refractivity contribution < 1.29 is 9.59 Å². The second-order valence-corrected chi connectivity index (χ2v) is 6.39. The highest BCUT2D eigenvalue weighted by Gasteiger charge is 2.14. The number of hydrogen-bond acceptors (Lipinski definition) is 3. The number of carbonyl (C=O) groups is 2. The predicted octanol–water partition coefficient (Wildman–Crippen LogP) is 2.07. The van der Waals surface area contributed by atoms with Gasteiger partial charge < -0.3 is 16.4 Å². The molecule has 0 atom stereocenters. The van der Waals surface area contributed by atoms with Crippen LogP contribution in [0, 0.1) is 0 Å². The van der Waals surface area contributed by atoms with Gasteiger partial charge in [0.05, 0.1) is 0 Å². The lowest BCUT2D eigenvalue weighted by Gasteiger charge is -2.20. The summed E-state index contributed by atoms with van der Waals surface area (Å²) in [5.41, 5.74) is 6.43. The Morgan fingerprint density at radius 1 is 1.30 bits per heavy atom. The van der Waals surface area contributed by atoms with Crippen molar-refractivity contribution in [1.29, 1.82) is 0 Å². The first kappa shape index (κ1) is 16.5. The van der Waals surface area contributed by atoms with Gasteiger partial charge in [0.1, 0.15) is 0 Å². The number of benzene rings is 1. The Morgan fingerprint density at radius 2 is 1.95 bits per heavy atom. The van der Waals surface area contributed by atoms with E-state index < -0.39 is 0 Å². The van der Waals surface area contributed by atoms with E-state index in [0.29, 0.717) is 11.3 Å². The average molecular weight is 342 g/mol. The fourth-order valence-corrected chi connectivity index (χ4v) is 1.80. The highest BCUT2D eigenvalue weighted by molar-refractivity contribution is 9.10. The van der Waals surface area contributed by atoms with E-state index in [4.69, 9.17) is 5.73 Å². The molecular weight excluding hydrogens is 322 g/mol. The summed E-state index contributed by atoms with van der Waals surface area (Å²) < 4.78 is 0.749. The van der Waals surface area contributed by atoms with Gasteiger partial charge in [-0.2, -0.15) is 0 Å². The third kappa shape index (κ3) is 5.61. The Balaban J connectivity index is 2.44. The van der Waals surface area contributed by atoms with Crippen LogP contribution in [0.25, 0.3) is 0 Å². The van der Waals surface area contributed by atoms with Crippen molar-refractivity contribution >= 4 is 33.4 Å². The van der Waals surface area contributed by atoms with Crippen molar-refractivity contribution in [2.75, 3.05) is 12.3 Å². The molecule has 6 heteroatoms. The van der Waals surface area contributed by atoms with Gasteiger partial charge in [0.25, 0.3) is 5.91 Å². The molecule has 0 aliphatic carbocycles. The first-order valence-electron chi connectivity index (χ1n) is 6.33. The maximum atomic E-state index is 11.9. The second kappa shape index (κ2) is 6.74. The zero-order valence-electron chi connectivity index (χ0n) is 11.9. The molecule has 0 aromatic heterocycles. The molecule has 0 fully saturated rings. The van der Waals surface area contributed by atoms with Crippen molar-refractivity contribution in [3.8, 4) is 0 Å². The summed E-state index contributed by atoms with van der Waals surface area (Å²) in [5.74, 6) is -0.333. The maximum absolute atomic E-state index is 11.9. The third-order valence-corrected chi connectivity index (χ3v) is 3.13. The van der Waals surface area contributed by atoms with E-state index in [-0.39, 0.29) is 30.3 Å². The predicted molar refractivity (Wildman–Crippen MR) is 83.4 cm³/mol. The van der Waals surface area contributed by atoms with E-state index in [2.05, 4.69) is 26.6 Å². The van der Waals surface area contributed by atoms with E-state index in [1.54, 1.807) is 18.2 Å². The minimum absolute atomic E-state index is 0.0897. The van der Waals surface area contributed by atoms with Crippen LogP contribution in [0.5, 0.6) is 0 Å². The molecule has 0 saturated carbocycles. The van der Waals surface area contributed by atoms with Crippen LogP contribution in [0.1, 0.15) is 37.6 Å².